The molecule has 1 aromatic heterocycles. The van der Waals surface area contributed by atoms with Gasteiger partial charge in [0.15, 0.2) is 0 Å². The summed E-state index contributed by atoms with van der Waals surface area (Å²) in [5.41, 5.74) is 2.15. The van der Waals surface area contributed by atoms with Crippen LogP contribution in [0.1, 0.15) is 28.4 Å². The van der Waals surface area contributed by atoms with Crippen molar-refractivity contribution >= 4 is 35.1 Å². The van der Waals surface area contributed by atoms with Crippen molar-refractivity contribution in [2.75, 3.05) is 7.11 Å². The molecule has 0 bridgehead atoms. The number of nitrogens with one attached hydrogen (secondary N) is 1. The van der Waals surface area contributed by atoms with Crippen LogP contribution < -0.4 is 10.1 Å². The lowest BCUT2D eigenvalue weighted by atomic mass is 10.0. The highest BCUT2D eigenvalue weighted by molar-refractivity contribution is 6.31. The van der Waals surface area contributed by atoms with Crippen molar-refractivity contribution in [1.82, 2.24) is 10.3 Å². The van der Waals surface area contributed by atoms with Crippen molar-refractivity contribution in [3.8, 4) is 17.0 Å². The molecule has 1 amide bonds. The van der Waals surface area contributed by atoms with Gasteiger partial charge in [-0.15, -0.1) is 0 Å². The van der Waals surface area contributed by atoms with Crippen LogP contribution in [0.15, 0.2) is 60.8 Å². The summed E-state index contributed by atoms with van der Waals surface area (Å²) in [6.07, 6.45) is 1.06. The maximum atomic E-state index is 12.9. The lowest BCUT2D eigenvalue weighted by Gasteiger charge is -2.19. The van der Waals surface area contributed by atoms with E-state index in [1.165, 1.54) is 13.3 Å². The third-order valence-corrected chi connectivity index (χ3v) is 5.02. The van der Waals surface area contributed by atoms with Crippen molar-refractivity contribution in [1.29, 1.82) is 0 Å². The number of carboxylic acid groups (broad SMARTS) is 1. The first kappa shape index (κ1) is 21.6. The first-order chi connectivity index (χ1) is 14.4. The van der Waals surface area contributed by atoms with Crippen LogP contribution in [0.25, 0.3) is 11.1 Å². The number of aromatic nitrogens is 1. The molecule has 8 heteroatoms. The highest BCUT2D eigenvalue weighted by Crippen LogP contribution is 2.30. The predicted octanol–water partition coefficient (Wildman–Crippen LogP) is 5.01. The summed E-state index contributed by atoms with van der Waals surface area (Å²) in [5, 5.41) is 13.0. The number of methoxy groups -OCH3 is 1. The summed E-state index contributed by atoms with van der Waals surface area (Å²) in [6, 6.07) is 14.7. The van der Waals surface area contributed by atoms with Crippen molar-refractivity contribution < 1.29 is 19.4 Å². The lowest BCUT2D eigenvalue weighted by molar-refractivity contribution is -0.137. The molecule has 1 unspecified atom stereocenters. The summed E-state index contributed by atoms with van der Waals surface area (Å²) >= 11 is 12.2. The zero-order valence-corrected chi connectivity index (χ0v) is 17.4. The number of aliphatic carboxylic acids is 1. The first-order valence-electron chi connectivity index (χ1n) is 8.96. The Morgan fingerprint density at radius 3 is 2.47 bits per heavy atom. The Morgan fingerprint density at radius 1 is 1.13 bits per heavy atom. The smallest absolute Gasteiger partial charge is 0.305 e. The zero-order valence-electron chi connectivity index (χ0n) is 15.9. The van der Waals surface area contributed by atoms with Crippen molar-refractivity contribution in [2.45, 2.75) is 12.5 Å². The molecule has 0 fully saturated rings. The number of amides is 1. The summed E-state index contributed by atoms with van der Waals surface area (Å²) < 4.78 is 5.31. The van der Waals surface area contributed by atoms with Crippen LogP contribution in [0.3, 0.4) is 0 Å². The Kier molecular flexibility index (Phi) is 6.92. The average Bonchev–Trinajstić information content (AvgIpc) is 2.73. The second kappa shape index (κ2) is 9.61. The number of hydrogen-bond acceptors (Lipinski definition) is 4. The Morgan fingerprint density at radius 2 is 1.83 bits per heavy atom. The van der Waals surface area contributed by atoms with E-state index in [0.717, 1.165) is 5.56 Å². The topological polar surface area (TPSA) is 88.5 Å². The van der Waals surface area contributed by atoms with E-state index in [1.807, 2.05) is 0 Å². The fraction of sp³-hybridized carbons (Fsp3) is 0.136. The number of hydrogen-bond donors (Lipinski definition) is 2. The van der Waals surface area contributed by atoms with Crippen LogP contribution in [-0.4, -0.2) is 29.1 Å². The highest BCUT2D eigenvalue weighted by Gasteiger charge is 2.22. The number of benzene rings is 2. The van der Waals surface area contributed by atoms with Gasteiger partial charge in [-0.05, 0) is 35.4 Å². The van der Waals surface area contributed by atoms with E-state index in [4.69, 9.17) is 27.9 Å². The normalized spacial score (nSPS) is 11.6. The molecule has 2 aromatic carbocycles. The molecule has 3 rings (SSSR count). The molecule has 0 spiro atoms. The fourth-order valence-corrected chi connectivity index (χ4v) is 3.38. The van der Waals surface area contributed by atoms with E-state index in [1.54, 1.807) is 54.6 Å². The molecule has 1 atom stereocenters. The summed E-state index contributed by atoms with van der Waals surface area (Å²) in [6.45, 7) is 0. The van der Waals surface area contributed by atoms with Gasteiger partial charge in [-0.1, -0.05) is 53.5 Å². The van der Waals surface area contributed by atoms with Gasteiger partial charge in [-0.25, -0.2) is 4.98 Å². The molecular weight excluding hydrogens is 427 g/mol. The van der Waals surface area contributed by atoms with Gasteiger partial charge in [-0.2, -0.15) is 0 Å². The number of carbonyl (C=O) groups is 2. The molecule has 0 aliphatic rings. The van der Waals surface area contributed by atoms with Crippen LogP contribution >= 0.6 is 23.2 Å². The molecular formula is C22H18Cl2N2O4. The highest BCUT2D eigenvalue weighted by atomic mass is 35.5. The second-order valence-corrected chi connectivity index (χ2v) is 7.28. The predicted molar refractivity (Wildman–Crippen MR) is 115 cm³/mol. The molecule has 6 nitrogen and oxygen atoms in total. The molecule has 1 heterocycles. The maximum absolute atomic E-state index is 12.9. The fourth-order valence-electron chi connectivity index (χ4n) is 2.99. The molecule has 3 aromatic rings. The minimum absolute atomic E-state index is 0.253. The number of halogens is 2. The minimum Gasteiger partial charge on any atom is -0.481 e. The summed E-state index contributed by atoms with van der Waals surface area (Å²) in [5.74, 6) is -1.19. The third-order valence-electron chi connectivity index (χ3n) is 4.43. The van der Waals surface area contributed by atoms with Crippen LogP contribution in [-0.2, 0) is 4.79 Å². The molecule has 0 saturated carbocycles. The number of nitrogens with zero attached hydrogens (tertiary/aromatic N) is 1. The Hall–Kier alpha value is -3.09. The Labute approximate surface area is 183 Å². The first-order valence-corrected chi connectivity index (χ1v) is 9.71. The van der Waals surface area contributed by atoms with Gasteiger partial charge in [0.1, 0.15) is 0 Å². The number of carboxylic acids is 1. The molecule has 0 saturated heterocycles. The summed E-state index contributed by atoms with van der Waals surface area (Å²) in [7, 11) is 1.49. The number of carbonyl (C=O) groups excluding carboxylic acids is 1. The van der Waals surface area contributed by atoms with Gasteiger partial charge in [0.05, 0.1) is 25.1 Å². The molecule has 0 aliphatic heterocycles. The molecule has 30 heavy (non-hydrogen) atoms. The van der Waals surface area contributed by atoms with Crippen LogP contribution in [0, 0.1) is 0 Å². The largest absolute Gasteiger partial charge is 0.481 e. The monoisotopic (exact) mass is 444 g/mol. The van der Waals surface area contributed by atoms with E-state index < -0.39 is 17.9 Å². The number of pyridine rings is 1. The van der Waals surface area contributed by atoms with Crippen molar-refractivity contribution in [2.24, 2.45) is 0 Å². The van der Waals surface area contributed by atoms with Gasteiger partial charge in [0, 0.05) is 21.8 Å². The second-order valence-electron chi connectivity index (χ2n) is 6.43. The zero-order chi connectivity index (χ0) is 21.7. The summed E-state index contributed by atoms with van der Waals surface area (Å²) in [4.78, 5) is 28.5. The standard InChI is InChI=1S/C22H18Cl2N2O4/c1-30-22-17(13-6-8-15(23)9-7-13)10-14(12-25-22)21(29)26-19(11-20(27)28)16-4-2-3-5-18(16)24/h2-10,12,19H,11H2,1H3,(H,26,29)(H,27,28). The molecule has 2 N–H and O–H groups in total. The maximum Gasteiger partial charge on any atom is 0.305 e. The average molecular weight is 445 g/mol. The van der Waals surface area contributed by atoms with E-state index in [9.17, 15) is 14.7 Å². The molecule has 0 aliphatic carbocycles. The van der Waals surface area contributed by atoms with Gasteiger partial charge in [-0.3, -0.25) is 9.59 Å². The number of ether oxygens (including phenoxy) is 1. The van der Waals surface area contributed by atoms with Gasteiger partial charge in [0.2, 0.25) is 5.88 Å². The van der Waals surface area contributed by atoms with Crippen molar-refractivity contribution in [3.05, 3.63) is 82.0 Å². The third kappa shape index (κ3) is 5.09. The molecule has 154 valence electrons. The van der Waals surface area contributed by atoms with Gasteiger partial charge >= 0.3 is 5.97 Å². The SMILES string of the molecule is COc1ncc(C(=O)NC(CC(=O)O)c2ccccc2Cl)cc1-c1ccc(Cl)cc1. The molecule has 0 radical (unpaired) electrons. The van der Waals surface area contributed by atoms with Crippen LogP contribution in [0.2, 0.25) is 10.0 Å². The van der Waals surface area contributed by atoms with E-state index in [0.29, 0.717) is 27.1 Å². The van der Waals surface area contributed by atoms with Crippen LogP contribution in [0.5, 0.6) is 5.88 Å². The Balaban J connectivity index is 1.93. The van der Waals surface area contributed by atoms with Crippen molar-refractivity contribution in [3.63, 3.8) is 0 Å². The van der Waals surface area contributed by atoms with Gasteiger partial charge in [0.25, 0.3) is 5.91 Å². The van der Waals surface area contributed by atoms with E-state index in [2.05, 4.69) is 10.3 Å². The van der Waals surface area contributed by atoms with Gasteiger partial charge < -0.3 is 15.2 Å². The van der Waals surface area contributed by atoms with Crippen LogP contribution in [0.4, 0.5) is 0 Å². The van der Waals surface area contributed by atoms with E-state index in [-0.39, 0.29) is 12.0 Å². The minimum atomic E-state index is -1.06. The quantitative estimate of drug-likeness (QED) is 0.534. The Bertz CT molecular complexity index is 1070. The van der Waals surface area contributed by atoms with E-state index >= 15 is 0 Å². The lowest BCUT2D eigenvalue weighted by Crippen LogP contribution is -2.30. The number of rotatable bonds is 7.